The highest BCUT2D eigenvalue weighted by molar-refractivity contribution is 5.97. The van der Waals surface area contributed by atoms with E-state index in [9.17, 15) is 9.18 Å². The fraction of sp³-hybridized carbons (Fsp3) is 0.667. The van der Waals surface area contributed by atoms with Crippen LogP contribution in [-0.2, 0) is 0 Å². The van der Waals surface area contributed by atoms with Crippen molar-refractivity contribution >= 4 is 11.7 Å². The molecule has 3 heterocycles. The molecule has 0 unspecified atom stereocenters. The van der Waals surface area contributed by atoms with E-state index < -0.39 is 5.82 Å². The van der Waals surface area contributed by atoms with Gasteiger partial charge in [0.05, 0.1) is 5.56 Å². The van der Waals surface area contributed by atoms with Crippen molar-refractivity contribution in [1.29, 1.82) is 0 Å². The number of aliphatic hydroxyl groups excluding tert-OH is 1. The number of anilines is 1. The minimum atomic E-state index is -0.505. The summed E-state index contributed by atoms with van der Waals surface area (Å²) in [5, 5.41) is 20.6. The number of amides is 1. The number of carbonyl (C=O) groups excluding carboxylic acids is 1. The molecule has 0 saturated carbocycles. The summed E-state index contributed by atoms with van der Waals surface area (Å²) in [6.45, 7) is 16.6. The number of hydrogen-bond acceptors (Lipinski definition) is 9. The van der Waals surface area contributed by atoms with Crippen molar-refractivity contribution in [3.05, 3.63) is 35.9 Å². The van der Waals surface area contributed by atoms with Gasteiger partial charge in [0.25, 0.3) is 11.8 Å². The van der Waals surface area contributed by atoms with Crippen molar-refractivity contribution in [2.24, 2.45) is 11.3 Å². The molecule has 0 aliphatic carbocycles. The van der Waals surface area contributed by atoms with Gasteiger partial charge >= 0.3 is 0 Å². The standard InChI is InChI=1S/C30H46FN7O3/c1-6-38(22(4)5)29(40)24-16-23(31)8-9-26(24)41-28-27(33-20-34-35-28)36-14-11-30(17-36)18-37(19-30)25(21(2)3)10-13-32-12-7-15-39/h8-9,16,20-22,25,32,39H,6-7,10-15,17-19H2,1-5H3/t25-/m1/s1. The molecule has 1 atom stereocenters. The van der Waals surface area contributed by atoms with Crippen LogP contribution in [0.2, 0.25) is 0 Å². The van der Waals surface area contributed by atoms with Gasteiger partial charge in [-0.3, -0.25) is 9.69 Å². The second-order valence-corrected chi connectivity index (χ2v) is 12.0. The number of aliphatic hydroxyl groups is 1. The maximum atomic E-state index is 14.2. The van der Waals surface area contributed by atoms with Crippen molar-refractivity contribution in [2.75, 3.05) is 57.3 Å². The van der Waals surface area contributed by atoms with Gasteiger partial charge in [-0.05, 0) is 77.2 Å². The number of ether oxygens (including phenoxy) is 1. The van der Waals surface area contributed by atoms with E-state index in [0.29, 0.717) is 24.3 Å². The molecule has 0 radical (unpaired) electrons. The van der Waals surface area contributed by atoms with Crippen molar-refractivity contribution in [1.82, 2.24) is 30.3 Å². The molecular weight excluding hydrogens is 525 g/mol. The minimum Gasteiger partial charge on any atom is -0.434 e. The Hall–Kier alpha value is -2.89. The third-order valence-corrected chi connectivity index (χ3v) is 8.36. The van der Waals surface area contributed by atoms with Gasteiger partial charge in [-0.2, -0.15) is 0 Å². The molecule has 2 aromatic rings. The molecule has 1 spiro atoms. The number of likely N-dealkylation sites (tertiary alicyclic amines) is 1. The highest BCUT2D eigenvalue weighted by Gasteiger charge is 2.50. The number of carbonyl (C=O) groups is 1. The number of benzene rings is 1. The van der Waals surface area contributed by atoms with Crippen molar-refractivity contribution < 1.29 is 19.0 Å². The monoisotopic (exact) mass is 571 g/mol. The Kier molecular flexibility index (Phi) is 10.5. The van der Waals surface area contributed by atoms with E-state index in [-0.39, 0.29) is 41.2 Å². The van der Waals surface area contributed by atoms with Crippen molar-refractivity contribution in [2.45, 2.75) is 66.0 Å². The quantitative estimate of drug-likeness (QED) is 0.329. The van der Waals surface area contributed by atoms with Gasteiger partial charge in [0, 0.05) is 56.8 Å². The average molecular weight is 572 g/mol. The van der Waals surface area contributed by atoms with Crippen molar-refractivity contribution in [3.8, 4) is 11.6 Å². The van der Waals surface area contributed by atoms with E-state index >= 15 is 0 Å². The molecule has 0 bridgehead atoms. The Balaban J connectivity index is 1.44. The van der Waals surface area contributed by atoms with Gasteiger partial charge in [-0.1, -0.05) is 13.8 Å². The fourth-order valence-corrected chi connectivity index (χ4v) is 6.24. The summed E-state index contributed by atoms with van der Waals surface area (Å²) in [6, 6.07) is 4.43. The zero-order chi connectivity index (χ0) is 29.6. The summed E-state index contributed by atoms with van der Waals surface area (Å²) >= 11 is 0. The highest BCUT2D eigenvalue weighted by Crippen LogP contribution is 2.44. The van der Waals surface area contributed by atoms with E-state index in [4.69, 9.17) is 9.84 Å². The Morgan fingerprint density at radius 3 is 2.68 bits per heavy atom. The van der Waals surface area contributed by atoms with Gasteiger partial charge in [-0.25, -0.2) is 9.37 Å². The summed E-state index contributed by atoms with van der Waals surface area (Å²) in [4.78, 5) is 24.3. The molecule has 1 aromatic heterocycles. The lowest BCUT2D eigenvalue weighted by atomic mass is 9.76. The smallest absolute Gasteiger partial charge is 0.282 e. The largest absolute Gasteiger partial charge is 0.434 e. The van der Waals surface area contributed by atoms with E-state index in [1.165, 1.54) is 24.5 Å². The fourth-order valence-electron chi connectivity index (χ4n) is 6.24. The number of hydrogen-bond donors (Lipinski definition) is 2. The van der Waals surface area contributed by atoms with Crippen LogP contribution in [0.5, 0.6) is 11.6 Å². The molecule has 4 rings (SSSR count). The number of nitrogens with zero attached hydrogens (tertiary/aromatic N) is 6. The summed E-state index contributed by atoms with van der Waals surface area (Å²) in [6.07, 6.45) is 4.33. The Morgan fingerprint density at radius 1 is 1.22 bits per heavy atom. The average Bonchev–Trinajstić information content (AvgIpc) is 3.37. The third-order valence-electron chi connectivity index (χ3n) is 8.36. The first-order chi connectivity index (χ1) is 19.7. The Morgan fingerprint density at radius 2 is 2.00 bits per heavy atom. The number of nitrogens with one attached hydrogen (secondary N) is 1. The number of rotatable bonds is 14. The molecule has 226 valence electrons. The van der Waals surface area contributed by atoms with Crippen LogP contribution in [0.15, 0.2) is 24.5 Å². The van der Waals surface area contributed by atoms with Gasteiger partial charge in [0.2, 0.25) is 0 Å². The lowest BCUT2D eigenvalue weighted by molar-refractivity contribution is -0.0331. The Bertz CT molecular complexity index is 1160. The molecule has 10 nitrogen and oxygen atoms in total. The lowest BCUT2D eigenvalue weighted by Gasteiger charge is -2.53. The van der Waals surface area contributed by atoms with Gasteiger partial charge in [-0.15, -0.1) is 10.2 Å². The maximum Gasteiger partial charge on any atom is 0.282 e. The predicted octanol–water partition coefficient (Wildman–Crippen LogP) is 3.57. The van der Waals surface area contributed by atoms with Crippen LogP contribution >= 0.6 is 0 Å². The van der Waals surface area contributed by atoms with Crippen molar-refractivity contribution in [3.63, 3.8) is 0 Å². The number of aromatic nitrogens is 3. The lowest BCUT2D eigenvalue weighted by Crippen LogP contribution is -2.62. The molecule has 2 N–H and O–H groups in total. The first kappa shape index (κ1) is 31.1. The summed E-state index contributed by atoms with van der Waals surface area (Å²) in [7, 11) is 0. The predicted molar refractivity (Wildman–Crippen MR) is 157 cm³/mol. The normalized spacial score (nSPS) is 17.3. The van der Waals surface area contributed by atoms with E-state index in [0.717, 1.165) is 58.5 Å². The van der Waals surface area contributed by atoms with Crippen LogP contribution in [0.4, 0.5) is 10.2 Å². The molecule has 2 saturated heterocycles. The zero-order valence-corrected chi connectivity index (χ0v) is 25.1. The molecule has 1 amide bonds. The first-order valence-corrected chi connectivity index (χ1v) is 14.9. The minimum absolute atomic E-state index is 0.0435. The second kappa shape index (κ2) is 13.8. The summed E-state index contributed by atoms with van der Waals surface area (Å²) < 4.78 is 20.4. The molecule has 2 aliphatic heterocycles. The van der Waals surface area contributed by atoms with Crippen LogP contribution < -0.4 is 15.0 Å². The third kappa shape index (κ3) is 7.31. The molecule has 2 aliphatic rings. The maximum absolute atomic E-state index is 14.2. The van der Waals surface area contributed by atoms with E-state index in [1.807, 2.05) is 20.8 Å². The summed E-state index contributed by atoms with van der Waals surface area (Å²) in [5.41, 5.74) is 0.338. The molecule has 1 aromatic carbocycles. The van der Waals surface area contributed by atoms with Crippen LogP contribution in [-0.4, -0.2) is 100 Å². The molecular formula is C30H46FN7O3. The molecule has 2 fully saturated rings. The number of halogens is 1. The van der Waals surface area contributed by atoms with Crippen LogP contribution in [0.1, 0.15) is 64.2 Å². The zero-order valence-electron chi connectivity index (χ0n) is 25.1. The van der Waals surface area contributed by atoms with Gasteiger partial charge in [0.15, 0.2) is 5.82 Å². The first-order valence-electron chi connectivity index (χ1n) is 14.9. The SMILES string of the molecule is CCN(C(=O)c1cc(F)ccc1Oc1nncnc1N1CCC2(C1)CN([C@H](CCNCCCO)C(C)C)C2)C(C)C. The molecule has 11 heteroatoms. The van der Waals surface area contributed by atoms with E-state index in [1.54, 1.807) is 4.90 Å². The van der Waals surface area contributed by atoms with Gasteiger partial charge in [0.1, 0.15) is 17.9 Å². The van der Waals surface area contributed by atoms with Crippen LogP contribution in [0.25, 0.3) is 0 Å². The summed E-state index contributed by atoms with van der Waals surface area (Å²) in [5.74, 6) is 0.784. The van der Waals surface area contributed by atoms with E-state index in [2.05, 4.69) is 44.1 Å². The topological polar surface area (TPSA) is 107 Å². The second-order valence-electron chi connectivity index (χ2n) is 12.0. The highest BCUT2D eigenvalue weighted by atomic mass is 19.1. The van der Waals surface area contributed by atoms with Crippen LogP contribution in [0, 0.1) is 17.2 Å². The van der Waals surface area contributed by atoms with Gasteiger partial charge < -0.3 is 25.0 Å². The Labute approximate surface area is 243 Å². The van der Waals surface area contributed by atoms with Crippen LogP contribution in [0.3, 0.4) is 0 Å². The molecule has 41 heavy (non-hydrogen) atoms.